The maximum Gasteiger partial charge on any atom is 0.146 e. The maximum absolute atomic E-state index is 5.19. The molecule has 1 atom stereocenters. The minimum absolute atomic E-state index is 0.352. The molecule has 1 aromatic carbocycles. The maximum atomic E-state index is 5.19. The molecule has 5 heteroatoms. The second-order valence-electron chi connectivity index (χ2n) is 9.50. The van der Waals surface area contributed by atoms with E-state index in [0.29, 0.717) is 6.04 Å². The quantitative estimate of drug-likeness (QED) is 0.545. The van der Waals surface area contributed by atoms with Crippen LogP contribution in [-0.4, -0.2) is 28.0 Å². The Hall–Kier alpha value is -1.98. The molecule has 1 fully saturated rings. The Morgan fingerprint density at radius 1 is 0.935 bits per heavy atom. The van der Waals surface area contributed by atoms with E-state index in [1.54, 1.807) is 4.88 Å². The number of thiophene rings is 1. The molecule has 1 N–H and O–H groups in total. The second kappa shape index (κ2) is 8.51. The highest BCUT2D eigenvalue weighted by molar-refractivity contribution is 7.19. The van der Waals surface area contributed by atoms with Crippen molar-refractivity contribution in [1.82, 2.24) is 14.9 Å². The smallest absolute Gasteiger partial charge is 0.146 e. The third-order valence-electron chi connectivity index (χ3n) is 7.36. The van der Waals surface area contributed by atoms with Gasteiger partial charge in [-0.1, -0.05) is 30.7 Å². The zero-order valence-electron chi connectivity index (χ0n) is 18.3. The molecule has 0 spiro atoms. The van der Waals surface area contributed by atoms with E-state index in [9.17, 15) is 0 Å². The Bertz CT molecular complexity index is 1080. The van der Waals surface area contributed by atoms with Crippen molar-refractivity contribution >= 4 is 27.4 Å². The fourth-order valence-corrected chi connectivity index (χ4v) is 7.04. The zero-order chi connectivity index (χ0) is 20.6. The van der Waals surface area contributed by atoms with E-state index < -0.39 is 0 Å². The first-order valence-corrected chi connectivity index (χ1v) is 13.0. The molecule has 1 saturated heterocycles. The van der Waals surface area contributed by atoms with Crippen LogP contribution in [0.25, 0.3) is 10.2 Å². The van der Waals surface area contributed by atoms with Crippen LogP contribution in [0.4, 0.5) is 5.82 Å². The Labute approximate surface area is 189 Å². The van der Waals surface area contributed by atoms with Crippen LogP contribution in [0.3, 0.4) is 0 Å². The number of piperidine rings is 1. The van der Waals surface area contributed by atoms with Crippen LogP contribution in [0.1, 0.15) is 78.4 Å². The minimum atomic E-state index is 0.352. The van der Waals surface area contributed by atoms with E-state index in [-0.39, 0.29) is 0 Å². The third kappa shape index (κ3) is 3.87. The largest absolute Gasteiger partial charge is 0.363 e. The van der Waals surface area contributed by atoms with Gasteiger partial charge in [0.05, 0.1) is 18.0 Å². The Morgan fingerprint density at radius 3 is 2.74 bits per heavy atom. The number of fused-ring (bicyclic) bond motifs is 4. The fourth-order valence-electron chi connectivity index (χ4n) is 5.76. The summed E-state index contributed by atoms with van der Waals surface area (Å²) in [5.41, 5.74) is 4.49. The number of rotatable bonds is 4. The van der Waals surface area contributed by atoms with Crippen molar-refractivity contribution < 1.29 is 0 Å². The molecule has 0 unspecified atom stereocenters. The summed E-state index contributed by atoms with van der Waals surface area (Å²) in [5.74, 6) is 2.10. The number of hydrogen-bond donors (Lipinski definition) is 1. The van der Waals surface area contributed by atoms with E-state index in [1.807, 2.05) is 11.3 Å². The molecule has 1 aliphatic heterocycles. The third-order valence-corrected chi connectivity index (χ3v) is 8.54. The molecule has 0 radical (unpaired) electrons. The number of likely N-dealkylation sites (tertiary alicyclic amines) is 1. The van der Waals surface area contributed by atoms with Crippen LogP contribution >= 0.6 is 11.3 Å². The van der Waals surface area contributed by atoms with Crippen LogP contribution in [0.15, 0.2) is 24.3 Å². The highest BCUT2D eigenvalue weighted by Gasteiger charge is 2.25. The van der Waals surface area contributed by atoms with Crippen molar-refractivity contribution in [3.8, 4) is 0 Å². The van der Waals surface area contributed by atoms with Gasteiger partial charge in [0.2, 0.25) is 0 Å². The summed E-state index contributed by atoms with van der Waals surface area (Å²) < 4.78 is 0. The first-order valence-electron chi connectivity index (χ1n) is 12.2. The predicted octanol–water partition coefficient (Wildman–Crippen LogP) is 6.05. The average molecular weight is 433 g/mol. The van der Waals surface area contributed by atoms with Gasteiger partial charge >= 0.3 is 0 Å². The number of nitrogens with one attached hydrogen (secondary N) is 1. The lowest BCUT2D eigenvalue weighted by molar-refractivity contribution is 0.216. The molecule has 0 saturated carbocycles. The summed E-state index contributed by atoms with van der Waals surface area (Å²) in [4.78, 5) is 15.6. The van der Waals surface area contributed by atoms with E-state index in [0.717, 1.165) is 18.2 Å². The molecule has 3 heterocycles. The first kappa shape index (κ1) is 19.7. The first-order chi connectivity index (χ1) is 15.3. The Kier molecular flexibility index (Phi) is 5.41. The lowest BCUT2D eigenvalue weighted by Gasteiger charge is -2.28. The molecule has 4 nitrogen and oxygen atoms in total. The van der Waals surface area contributed by atoms with Gasteiger partial charge in [-0.05, 0) is 87.6 Å². The molecule has 6 rings (SSSR count). The van der Waals surface area contributed by atoms with Gasteiger partial charge < -0.3 is 5.32 Å². The minimum Gasteiger partial charge on any atom is -0.363 e. The number of hydrogen-bond acceptors (Lipinski definition) is 5. The van der Waals surface area contributed by atoms with Crippen LogP contribution in [-0.2, 0) is 25.8 Å². The van der Waals surface area contributed by atoms with Gasteiger partial charge in [-0.15, -0.1) is 11.3 Å². The highest BCUT2D eigenvalue weighted by Crippen LogP contribution is 2.41. The fraction of sp³-hybridized carbons (Fsp3) is 0.538. The molecule has 2 aliphatic carbocycles. The lowest BCUT2D eigenvalue weighted by Crippen LogP contribution is -2.30. The Balaban J connectivity index is 1.40. The van der Waals surface area contributed by atoms with Gasteiger partial charge in [-0.2, -0.15) is 0 Å². The highest BCUT2D eigenvalue weighted by atomic mass is 32.1. The van der Waals surface area contributed by atoms with Gasteiger partial charge in [-0.3, -0.25) is 4.90 Å². The van der Waals surface area contributed by atoms with E-state index in [1.165, 1.54) is 104 Å². The monoisotopic (exact) mass is 432 g/mol. The second-order valence-corrected chi connectivity index (χ2v) is 10.6. The number of aryl methyl sites for hydroxylation is 3. The van der Waals surface area contributed by atoms with Crippen LogP contribution in [0.2, 0.25) is 0 Å². The Morgan fingerprint density at radius 2 is 1.81 bits per heavy atom. The van der Waals surface area contributed by atoms with E-state index in [4.69, 9.17) is 9.97 Å². The number of anilines is 1. The molecule has 3 aliphatic rings. The van der Waals surface area contributed by atoms with E-state index in [2.05, 4.69) is 34.5 Å². The zero-order valence-corrected chi connectivity index (χ0v) is 19.1. The normalized spacial score (nSPS) is 21.6. The van der Waals surface area contributed by atoms with Crippen LogP contribution in [0, 0.1) is 0 Å². The molecule has 0 bridgehead atoms. The van der Waals surface area contributed by atoms with Gasteiger partial charge in [0.25, 0.3) is 0 Å². The van der Waals surface area contributed by atoms with Crippen LogP contribution in [0.5, 0.6) is 0 Å². The lowest BCUT2D eigenvalue weighted by atomic mass is 9.87. The molecular formula is C26H32N4S. The van der Waals surface area contributed by atoms with Gasteiger partial charge in [0.15, 0.2) is 0 Å². The summed E-state index contributed by atoms with van der Waals surface area (Å²) in [6.45, 7) is 3.25. The SMILES string of the molecule is c1ccc2c(c1)CCC[C@@H]2Nc1nc(CN2CCCCC2)nc2sc3c(c12)CCCC3. The van der Waals surface area contributed by atoms with Crippen molar-refractivity contribution in [1.29, 1.82) is 0 Å². The van der Waals surface area contributed by atoms with Gasteiger partial charge in [0.1, 0.15) is 16.5 Å². The number of benzene rings is 1. The molecule has 0 amide bonds. The van der Waals surface area contributed by atoms with E-state index >= 15 is 0 Å². The van der Waals surface area contributed by atoms with Gasteiger partial charge in [0, 0.05) is 4.88 Å². The van der Waals surface area contributed by atoms with Crippen molar-refractivity contribution in [2.24, 2.45) is 0 Å². The van der Waals surface area contributed by atoms with Crippen molar-refractivity contribution in [3.63, 3.8) is 0 Å². The number of aromatic nitrogens is 2. The van der Waals surface area contributed by atoms with Gasteiger partial charge in [-0.25, -0.2) is 9.97 Å². The summed E-state index contributed by atoms with van der Waals surface area (Å²) in [7, 11) is 0. The summed E-state index contributed by atoms with van der Waals surface area (Å²) in [6, 6.07) is 9.32. The summed E-state index contributed by atoms with van der Waals surface area (Å²) in [5, 5.41) is 5.26. The summed E-state index contributed by atoms with van der Waals surface area (Å²) in [6.07, 6.45) is 12.6. The summed E-state index contributed by atoms with van der Waals surface area (Å²) >= 11 is 1.93. The molecule has 2 aromatic heterocycles. The van der Waals surface area contributed by atoms with Crippen molar-refractivity contribution in [2.45, 2.75) is 76.8 Å². The molecule has 31 heavy (non-hydrogen) atoms. The van der Waals surface area contributed by atoms with Crippen molar-refractivity contribution in [3.05, 3.63) is 51.7 Å². The molecular weight excluding hydrogens is 400 g/mol. The standard InChI is InChI=1S/C26H32N4S/c1-6-15-30(16-7-1)17-23-28-25(24-20-12-4-5-14-22(20)31-26(24)29-23)27-21-13-8-10-18-9-2-3-11-19(18)21/h2-3,9,11,21H,1,4-8,10,12-17H2,(H,27,28,29)/t21-/m0/s1. The topological polar surface area (TPSA) is 41.1 Å². The molecule has 3 aromatic rings. The number of nitrogens with zero attached hydrogens (tertiary/aromatic N) is 3. The average Bonchev–Trinajstić information content (AvgIpc) is 3.19. The molecule has 162 valence electrons. The predicted molar refractivity (Wildman–Crippen MR) is 129 cm³/mol. The van der Waals surface area contributed by atoms with Crippen LogP contribution < -0.4 is 5.32 Å². The van der Waals surface area contributed by atoms with Crippen molar-refractivity contribution in [2.75, 3.05) is 18.4 Å².